The first-order chi connectivity index (χ1) is 10.7. The lowest BCUT2D eigenvalue weighted by molar-refractivity contribution is 0.440. The van der Waals surface area contributed by atoms with Gasteiger partial charge in [-0.3, -0.25) is 0 Å². The molecule has 0 saturated carbocycles. The summed E-state index contributed by atoms with van der Waals surface area (Å²) < 4.78 is 2.00. The Balaban J connectivity index is 1.60. The van der Waals surface area contributed by atoms with Crippen molar-refractivity contribution in [3.05, 3.63) is 41.6 Å². The molecule has 0 aliphatic carbocycles. The fourth-order valence-electron chi connectivity index (χ4n) is 2.97. The summed E-state index contributed by atoms with van der Waals surface area (Å²) in [5.41, 5.74) is 2.78. The molecular formula is C16H18N6. The van der Waals surface area contributed by atoms with E-state index in [1.807, 2.05) is 42.8 Å². The molecule has 0 fully saturated rings. The number of anilines is 1. The lowest BCUT2D eigenvalue weighted by Gasteiger charge is -2.24. The molecule has 4 rings (SSSR count). The van der Waals surface area contributed by atoms with Crippen molar-refractivity contribution in [2.24, 2.45) is 0 Å². The van der Waals surface area contributed by atoms with Crippen molar-refractivity contribution in [3.63, 3.8) is 0 Å². The van der Waals surface area contributed by atoms with Gasteiger partial charge in [0.2, 0.25) is 0 Å². The van der Waals surface area contributed by atoms with Crippen LogP contribution in [0.3, 0.4) is 0 Å². The molecule has 0 unspecified atom stereocenters. The fourth-order valence-corrected chi connectivity index (χ4v) is 2.97. The molecule has 6 nitrogen and oxygen atoms in total. The highest BCUT2D eigenvalue weighted by Crippen LogP contribution is 2.20. The van der Waals surface area contributed by atoms with Crippen LogP contribution in [0.5, 0.6) is 0 Å². The molecule has 1 aromatic carbocycles. The van der Waals surface area contributed by atoms with E-state index in [-0.39, 0.29) is 0 Å². The minimum absolute atomic E-state index is 0.308. The molecule has 1 atom stereocenters. The molecule has 112 valence electrons. The summed E-state index contributed by atoms with van der Waals surface area (Å²) in [6.07, 6.45) is 1.98. The first-order valence-corrected chi connectivity index (χ1v) is 7.59. The zero-order valence-corrected chi connectivity index (χ0v) is 12.7. The number of fused-ring (bicyclic) bond motifs is 2. The van der Waals surface area contributed by atoms with Crippen LogP contribution in [0.25, 0.3) is 11.0 Å². The predicted octanol–water partition coefficient (Wildman–Crippen LogP) is 2.27. The van der Waals surface area contributed by atoms with Gasteiger partial charge in [-0.2, -0.15) is 5.10 Å². The number of para-hydroxylation sites is 2. The average molecular weight is 294 g/mol. The van der Waals surface area contributed by atoms with Crippen molar-refractivity contribution in [1.29, 1.82) is 0 Å². The van der Waals surface area contributed by atoms with Crippen LogP contribution in [0, 0.1) is 13.8 Å². The van der Waals surface area contributed by atoms with E-state index >= 15 is 0 Å². The quantitative estimate of drug-likeness (QED) is 0.785. The van der Waals surface area contributed by atoms with Crippen molar-refractivity contribution in [1.82, 2.24) is 24.7 Å². The average Bonchev–Trinajstić information content (AvgIpc) is 2.87. The Morgan fingerprint density at radius 1 is 1.09 bits per heavy atom. The molecule has 0 saturated heterocycles. The highest BCUT2D eigenvalue weighted by Gasteiger charge is 2.21. The predicted molar refractivity (Wildman–Crippen MR) is 84.8 cm³/mol. The van der Waals surface area contributed by atoms with E-state index in [4.69, 9.17) is 4.98 Å². The third kappa shape index (κ3) is 2.30. The molecule has 3 heterocycles. The van der Waals surface area contributed by atoms with Gasteiger partial charge in [0.05, 0.1) is 23.3 Å². The van der Waals surface area contributed by atoms with E-state index in [1.165, 1.54) is 0 Å². The van der Waals surface area contributed by atoms with E-state index in [1.54, 1.807) is 0 Å². The molecule has 1 N–H and O–H groups in total. The van der Waals surface area contributed by atoms with Crippen molar-refractivity contribution < 1.29 is 0 Å². The van der Waals surface area contributed by atoms with Gasteiger partial charge in [0, 0.05) is 12.5 Å². The van der Waals surface area contributed by atoms with Crippen LogP contribution in [0.1, 0.15) is 23.8 Å². The van der Waals surface area contributed by atoms with E-state index in [0.29, 0.717) is 6.04 Å². The molecule has 3 aromatic rings. The minimum atomic E-state index is 0.308. The van der Waals surface area contributed by atoms with Gasteiger partial charge in [0.15, 0.2) is 0 Å². The van der Waals surface area contributed by atoms with Crippen LogP contribution in [0.4, 0.5) is 5.82 Å². The Hall–Kier alpha value is -2.50. The van der Waals surface area contributed by atoms with Gasteiger partial charge < -0.3 is 5.32 Å². The Labute approximate surface area is 128 Å². The molecule has 0 spiro atoms. The molecule has 6 heteroatoms. The van der Waals surface area contributed by atoms with Gasteiger partial charge in [-0.05, 0) is 32.4 Å². The molecule has 0 amide bonds. The number of aryl methyl sites for hydroxylation is 3. The topological polar surface area (TPSA) is 68.5 Å². The number of nitrogens with zero attached hydrogens (tertiary/aromatic N) is 5. The normalized spacial score (nSPS) is 17.5. The Morgan fingerprint density at radius 3 is 2.68 bits per heavy atom. The summed E-state index contributed by atoms with van der Waals surface area (Å²) in [6.45, 7) is 4.76. The first kappa shape index (κ1) is 13.2. The molecule has 2 aromatic heterocycles. The van der Waals surface area contributed by atoms with Gasteiger partial charge in [-0.15, -0.1) is 0 Å². The second-order valence-corrected chi connectivity index (χ2v) is 5.78. The Morgan fingerprint density at radius 2 is 1.86 bits per heavy atom. The van der Waals surface area contributed by atoms with Gasteiger partial charge in [-0.1, -0.05) is 12.1 Å². The SMILES string of the molecule is Cc1nc2n(n1)C[C@@H](Nc1nc3ccccc3nc1C)CC2. The monoisotopic (exact) mass is 294 g/mol. The van der Waals surface area contributed by atoms with E-state index < -0.39 is 0 Å². The van der Waals surface area contributed by atoms with Gasteiger partial charge >= 0.3 is 0 Å². The first-order valence-electron chi connectivity index (χ1n) is 7.59. The largest absolute Gasteiger partial charge is 0.364 e. The Kier molecular flexibility index (Phi) is 3.03. The van der Waals surface area contributed by atoms with Crippen LogP contribution >= 0.6 is 0 Å². The van der Waals surface area contributed by atoms with Crippen molar-refractivity contribution in [2.75, 3.05) is 5.32 Å². The summed E-state index contributed by atoms with van der Waals surface area (Å²) in [5.74, 6) is 2.79. The highest BCUT2D eigenvalue weighted by molar-refractivity contribution is 5.76. The summed E-state index contributed by atoms with van der Waals surface area (Å²) >= 11 is 0. The van der Waals surface area contributed by atoms with Crippen LogP contribution in [0.15, 0.2) is 24.3 Å². The van der Waals surface area contributed by atoms with E-state index in [2.05, 4.69) is 20.4 Å². The van der Waals surface area contributed by atoms with Crippen molar-refractivity contribution >= 4 is 16.9 Å². The van der Waals surface area contributed by atoms with Crippen LogP contribution in [-0.4, -0.2) is 30.8 Å². The van der Waals surface area contributed by atoms with Crippen LogP contribution < -0.4 is 5.32 Å². The van der Waals surface area contributed by atoms with Crippen LogP contribution in [-0.2, 0) is 13.0 Å². The summed E-state index contributed by atoms with van der Waals surface area (Å²) in [6, 6.07) is 8.26. The van der Waals surface area contributed by atoms with Gasteiger partial charge in [0.25, 0.3) is 0 Å². The van der Waals surface area contributed by atoms with Crippen LogP contribution in [0.2, 0.25) is 0 Å². The number of aromatic nitrogens is 5. The number of benzene rings is 1. The maximum atomic E-state index is 4.71. The van der Waals surface area contributed by atoms with Gasteiger partial charge in [0.1, 0.15) is 17.5 Å². The summed E-state index contributed by atoms with van der Waals surface area (Å²) in [4.78, 5) is 13.8. The maximum Gasteiger partial charge on any atom is 0.148 e. The van der Waals surface area contributed by atoms with Crippen molar-refractivity contribution in [2.45, 2.75) is 39.3 Å². The van der Waals surface area contributed by atoms with Crippen molar-refractivity contribution in [3.8, 4) is 0 Å². The summed E-state index contributed by atoms with van der Waals surface area (Å²) in [5, 5.41) is 7.97. The Bertz CT molecular complexity index is 838. The third-order valence-electron chi connectivity index (χ3n) is 4.05. The third-order valence-corrected chi connectivity index (χ3v) is 4.05. The fraction of sp³-hybridized carbons (Fsp3) is 0.375. The smallest absolute Gasteiger partial charge is 0.148 e. The minimum Gasteiger partial charge on any atom is -0.364 e. The summed E-state index contributed by atoms with van der Waals surface area (Å²) in [7, 11) is 0. The molecule has 0 bridgehead atoms. The molecule has 1 aliphatic rings. The second kappa shape index (κ2) is 5.05. The molecular weight excluding hydrogens is 276 g/mol. The lowest BCUT2D eigenvalue weighted by Crippen LogP contribution is -2.32. The number of hydrogen-bond donors (Lipinski definition) is 1. The van der Waals surface area contributed by atoms with E-state index in [9.17, 15) is 0 Å². The maximum absolute atomic E-state index is 4.71. The highest BCUT2D eigenvalue weighted by atomic mass is 15.4. The van der Waals surface area contributed by atoms with E-state index in [0.717, 1.165) is 53.6 Å². The number of nitrogens with one attached hydrogen (secondary N) is 1. The zero-order valence-electron chi connectivity index (χ0n) is 12.7. The number of rotatable bonds is 2. The second-order valence-electron chi connectivity index (χ2n) is 5.78. The molecule has 1 aliphatic heterocycles. The molecule has 22 heavy (non-hydrogen) atoms. The number of hydrogen-bond acceptors (Lipinski definition) is 5. The zero-order chi connectivity index (χ0) is 15.1. The molecule has 0 radical (unpaired) electrons. The standard InChI is InChI=1S/C16H18N6/c1-10-16(20-14-6-4-3-5-13(14)17-10)19-12-7-8-15-18-11(2)21-22(15)9-12/h3-6,12H,7-9H2,1-2H3,(H,19,20)/t12-/m0/s1. The lowest BCUT2D eigenvalue weighted by atomic mass is 10.1. The van der Waals surface area contributed by atoms with Gasteiger partial charge in [-0.25, -0.2) is 19.6 Å².